The number of hydrogen-bond acceptors (Lipinski definition) is 1. The molecule has 2 aromatic rings. The van der Waals surface area contributed by atoms with E-state index >= 15 is 0 Å². The van der Waals surface area contributed by atoms with Crippen LogP contribution in [0.25, 0.3) is 10.8 Å². The maximum atomic E-state index is 7.92. The van der Waals surface area contributed by atoms with Crippen LogP contribution in [0.15, 0.2) is 36.4 Å². The summed E-state index contributed by atoms with van der Waals surface area (Å²) in [6, 6.07) is 12.0. The van der Waals surface area contributed by atoms with E-state index in [1.807, 2.05) is 18.2 Å². The lowest BCUT2D eigenvalue weighted by Crippen LogP contribution is -1.98. The van der Waals surface area contributed by atoms with Gasteiger partial charge in [-0.1, -0.05) is 30.3 Å². The van der Waals surface area contributed by atoms with Crippen molar-refractivity contribution < 1.29 is 0 Å². The number of nitrogens with one attached hydrogen (secondary N) is 1. The quantitative estimate of drug-likeness (QED) is 0.649. The molecule has 0 aliphatic rings. The Morgan fingerprint density at radius 2 is 1.64 bits per heavy atom. The predicted octanol–water partition coefficient (Wildman–Crippen LogP) is 2.94. The van der Waals surface area contributed by atoms with E-state index in [-0.39, 0.29) is 0 Å². The highest BCUT2D eigenvalue weighted by atomic mass is 14.3. The molecule has 0 atom stereocenters. The molecule has 1 heteroatoms. The monoisotopic (exact) mass is 183 g/mol. The standard InChI is InChI=1S/C13H13N/c1-9-7-8-11-5-3-4-6-12(14)13(11)10(9)2/h3-8,14H,1-2H3. The molecule has 0 bridgehead atoms. The van der Waals surface area contributed by atoms with Crippen LogP contribution in [0.4, 0.5) is 0 Å². The van der Waals surface area contributed by atoms with Gasteiger partial charge in [0.05, 0.1) is 5.36 Å². The first-order chi connectivity index (χ1) is 6.70. The van der Waals surface area contributed by atoms with Crippen LogP contribution < -0.4 is 5.36 Å². The molecule has 0 fully saturated rings. The molecule has 0 saturated carbocycles. The normalized spacial score (nSPS) is 10.4. The Morgan fingerprint density at radius 1 is 0.929 bits per heavy atom. The zero-order chi connectivity index (χ0) is 10.1. The smallest absolute Gasteiger partial charge is 0.0621 e. The van der Waals surface area contributed by atoms with Crippen LogP contribution in [0.2, 0.25) is 0 Å². The second-order valence-electron chi connectivity index (χ2n) is 3.60. The fraction of sp³-hybridized carbons (Fsp3) is 0.154. The first kappa shape index (κ1) is 8.95. The number of rotatable bonds is 0. The Morgan fingerprint density at radius 3 is 2.43 bits per heavy atom. The van der Waals surface area contributed by atoms with Crippen LogP contribution in [0.1, 0.15) is 11.1 Å². The van der Waals surface area contributed by atoms with E-state index in [9.17, 15) is 0 Å². The zero-order valence-corrected chi connectivity index (χ0v) is 8.46. The van der Waals surface area contributed by atoms with Crippen LogP contribution >= 0.6 is 0 Å². The van der Waals surface area contributed by atoms with E-state index in [4.69, 9.17) is 5.41 Å². The summed E-state index contributed by atoms with van der Waals surface area (Å²) in [6.45, 7) is 4.16. The maximum Gasteiger partial charge on any atom is 0.0621 e. The van der Waals surface area contributed by atoms with Gasteiger partial charge in [-0.15, -0.1) is 0 Å². The van der Waals surface area contributed by atoms with Crippen molar-refractivity contribution in [1.82, 2.24) is 0 Å². The van der Waals surface area contributed by atoms with Gasteiger partial charge in [-0.05, 0) is 36.4 Å². The number of benzene rings is 1. The Bertz CT molecular complexity index is 541. The summed E-state index contributed by atoms with van der Waals surface area (Å²) in [4.78, 5) is 0. The number of fused-ring (bicyclic) bond motifs is 1. The summed E-state index contributed by atoms with van der Waals surface area (Å²) in [5.74, 6) is 0. The van der Waals surface area contributed by atoms with Gasteiger partial charge >= 0.3 is 0 Å². The molecule has 0 aromatic heterocycles. The topological polar surface area (TPSA) is 23.9 Å². The fourth-order valence-electron chi connectivity index (χ4n) is 1.73. The van der Waals surface area contributed by atoms with Crippen molar-refractivity contribution in [3.8, 4) is 0 Å². The van der Waals surface area contributed by atoms with E-state index in [0.29, 0.717) is 5.36 Å². The Kier molecular flexibility index (Phi) is 2.08. The number of hydrogen-bond donors (Lipinski definition) is 1. The Hall–Kier alpha value is -1.63. The highest BCUT2D eigenvalue weighted by molar-refractivity contribution is 5.85. The van der Waals surface area contributed by atoms with Crippen LogP contribution in [-0.4, -0.2) is 0 Å². The molecular formula is C13H13N. The first-order valence-electron chi connectivity index (χ1n) is 4.74. The summed E-state index contributed by atoms with van der Waals surface area (Å²) in [7, 11) is 0. The predicted molar refractivity (Wildman–Crippen MR) is 59.3 cm³/mol. The molecule has 0 spiro atoms. The molecule has 2 rings (SSSR count). The number of aryl methyl sites for hydroxylation is 2. The molecule has 1 N–H and O–H groups in total. The van der Waals surface area contributed by atoms with Gasteiger partial charge in [0.25, 0.3) is 0 Å². The van der Waals surface area contributed by atoms with Gasteiger partial charge in [-0.2, -0.15) is 0 Å². The maximum absolute atomic E-state index is 7.92. The summed E-state index contributed by atoms with van der Waals surface area (Å²) < 4.78 is 0. The molecule has 0 saturated heterocycles. The van der Waals surface area contributed by atoms with Gasteiger partial charge in [0, 0.05) is 5.39 Å². The summed E-state index contributed by atoms with van der Waals surface area (Å²) in [6.07, 6.45) is 0. The minimum atomic E-state index is 0.603. The molecule has 0 unspecified atom stereocenters. The lowest BCUT2D eigenvalue weighted by molar-refractivity contribution is 1.29. The third-order valence-electron chi connectivity index (χ3n) is 2.69. The second-order valence-corrected chi connectivity index (χ2v) is 3.60. The second kappa shape index (κ2) is 3.26. The lowest BCUT2D eigenvalue weighted by atomic mass is 10.0. The average molecular weight is 183 g/mol. The van der Waals surface area contributed by atoms with Crippen molar-refractivity contribution in [3.63, 3.8) is 0 Å². The van der Waals surface area contributed by atoms with Crippen LogP contribution in [0.3, 0.4) is 0 Å². The van der Waals surface area contributed by atoms with Crippen molar-refractivity contribution >= 4 is 10.8 Å². The highest BCUT2D eigenvalue weighted by Crippen LogP contribution is 2.16. The van der Waals surface area contributed by atoms with Gasteiger partial charge in [-0.25, -0.2) is 0 Å². The summed E-state index contributed by atoms with van der Waals surface area (Å²) in [5, 5.41) is 10.7. The van der Waals surface area contributed by atoms with Crippen molar-refractivity contribution in [2.75, 3.05) is 0 Å². The largest absolute Gasteiger partial charge is 0.300 e. The average Bonchev–Trinajstić information content (AvgIpc) is 2.35. The molecule has 0 amide bonds. The van der Waals surface area contributed by atoms with Crippen LogP contribution in [-0.2, 0) is 0 Å². The van der Waals surface area contributed by atoms with Crippen molar-refractivity contribution in [3.05, 3.63) is 52.9 Å². The fourth-order valence-corrected chi connectivity index (χ4v) is 1.73. The Labute approximate surface area is 83.5 Å². The van der Waals surface area contributed by atoms with Gasteiger partial charge in [0.15, 0.2) is 0 Å². The van der Waals surface area contributed by atoms with E-state index < -0.39 is 0 Å². The minimum Gasteiger partial charge on any atom is -0.300 e. The molecule has 0 heterocycles. The van der Waals surface area contributed by atoms with Crippen molar-refractivity contribution in [1.29, 1.82) is 5.41 Å². The van der Waals surface area contributed by atoms with E-state index in [0.717, 1.165) is 10.8 Å². The third-order valence-corrected chi connectivity index (χ3v) is 2.69. The molecule has 0 aliphatic heterocycles. The lowest BCUT2D eigenvalue weighted by Gasteiger charge is -2.02. The molecule has 2 aromatic carbocycles. The SMILES string of the molecule is Cc1ccc2ccccc(=N)c2c1C. The van der Waals surface area contributed by atoms with E-state index in [2.05, 4.69) is 32.0 Å². The Balaban J connectivity index is 3.10. The van der Waals surface area contributed by atoms with Gasteiger partial charge in [0.2, 0.25) is 0 Å². The third kappa shape index (κ3) is 1.31. The van der Waals surface area contributed by atoms with Crippen molar-refractivity contribution in [2.45, 2.75) is 13.8 Å². The van der Waals surface area contributed by atoms with Crippen molar-refractivity contribution in [2.24, 2.45) is 0 Å². The zero-order valence-electron chi connectivity index (χ0n) is 8.46. The van der Waals surface area contributed by atoms with Crippen LogP contribution in [0, 0.1) is 19.3 Å². The molecular weight excluding hydrogens is 170 g/mol. The molecule has 1 nitrogen and oxygen atoms in total. The van der Waals surface area contributed by atoms with E-state index in [1.54, 1.807) is 0 Å². The summed E-state index contributed by atoms with van der Waals surface area (Å²) >= 11 is 0. The minimum absolute atomic E-state index is 0.603. The molecule has 70 valence electrons. The summed E-state index contributed by atoms with van der Waals surface area (Å²) in [5.41, 5.74) is 2.46. The van der Waals surface area contributed by atoms with Gasteiger partial charge in [0.1, 0.15) is 0 Å². The highest BCUT2D eigenvalue weighted by Gasteiger charge is 1.99. The van der Waals surface area contributed by atoms with Gasteiger partial charge < -0.3 is 5.41 Å². The van der Waals surface area contributed by atoms with E-state index in [1.165, 1.54) is 11.1 Å². The first-order valence-corrected chi connectivity index (χ1v) is 4.74. The molecule has 0 aliphatic carbocycles. The van der Waals surface area contributed by atoms with Gasteiger partial charge in [-0.3, -0.25) is 0 Å². The molecule has 0 radical (unpaired) electrons. The van der Waals surface area contributed by atoms with Crippen LogP contribution in [0.5, 0.6) is 0 Å². The molecule has 14 heavy (non-hydrogen) atoms.